The molecule has 1 heterocycles. The number of carbonyl (C=O) groups excluding carboxylic acids is 1. The van der Waals surface area contributed by atoms with Gasteiger partial charge in [-0.1, -0.05) is 11.2 Å². The molecular weight excluding hydrogens is 325 g/mol. The van der Waals surface area contributed by atoms with Crippen molar-refractivity contribution < 1.29 is 22.1 Å². The Morgan fingerprint density at radius 2 is 2.04 bits per heavy atom. The maximum Gasteiger partial charge on any atom is 0.243 e. The monoisotopic (exact) mass is 339 g/mol. The summed E-state index contributed by atoms with van der Waals surface area (Å²) in [5.41, 5.74) is 0. The van der Waals surface area contributed by atoms with Gasteiger partial charge in [-0.25, -0.2) is 12.8 Å². The highest BCUT2D eigenvalue weighted by Gasteiger charge is 2.26. The molecule has 2 rings (SSSR count). The highest BCUT2D eigenvalue weighted by Crippen LogP contribution is 2.16. The summed E-state index contributed by atoms with van der Waals surface area (Å²) in [6, 6.07) is 5.76. The molecule has 0 spiro atoms. The van der Waals surface area contributed by atoms with Gasteiger partial charge < -0.3 is 9.84 Å². The van der Waals surface area contributed by atoms with Crippen molar-refractivity contribution in [3.05, 3.63) is 55.1 Å². The van der Waals surface area contributed by atoms with E-state index in [1.54, 1.807) is 0 Å². The van der Waals surface area contributed by atoms with Crippen molar-refractivity contribution in [1.29, 1.82) is 0 Å². The average molecular weight is 339 g/mol. The molecule has 1 aromatic heterocycles. The van der Waals surface area contributed by atoms with Crippen LogP contribution in [0.25, 0.3) is 0 Å². The maximum absolute atomic E-state index is 12.9. The van der Waals surface area contributed by atoms with Crippen LogP contribution >= 0.6 is 0 Å². The molecular formula is C14H14FN3O4S. The lowest BCUT2D eigenvalue weighted by atomic mass is 10.4. The Labute approximate surface area is 132 Å². The van der Waals surface area contributed by atoms with E-state index < -0.39 is 28.3 Å². The topological polar surface area (TPSA) is 92.5 Å². The van der Waals surface area contributed by atoms with Crippen LogP contribution in [-0.2, 0) is 14.8 Å². The lowest BCUT2D eigenvalue weighted by molar-refractivity contribution is -0.116. The number of halogens is 1. The average Bonchev–Trinajstić information content (AvgIpc) is 3.00. The number of amides is 1. The summed E-state index contributed by atoms with van der Waals surface area (Å²) in [7, 11) is -3.96. The minimum atomic E-state index is -3.96. The Hall–Kier alpha value is -2.52. The fraction of sp³-hybridized carbons (Fsp3) is 0.143. The van der Waals surface area contributed by atoms with Crippen LogP contribution in [-0.4, -0.2) is 36.9 Å². The maximum atomic E-state index is 12.9. The van der Waals surface area contributed by atoms with E-state index in [1.807, 2.05) is 0 Å². The van der Waals surface area contributed by atoms with Gasteiger partial charge in [0.2, 0.25) is 15.9 Å². The number of anilines is 1. The van der Waals surface area contributed by atoms with E-state index in [0.717, 1.165) is 28.6 Å². The van der Waals surface area contributed by atoms with Gasteiger partial charge in [0.25, 0.3) is 0 Å². The molecule has 1 aromatic carbocycles. The van der Waals surface area contributed by atoms with E-state index >= 15 is 0 Å². The molecule has 23 heavy (non-hydrogen) atoms. The molecule has 0 saturated heterocycles. The first-order chi connectivity index (χ1) is 10.9. The van der Waals surface area contributed by atoms with Gasteiger partial charge in [0.1, 0.15) is 12.1 Å². The van der Waals surface area contributed by atoms with E-state index in [9.17, 15) is 17.6 Å². The molecule has 0 saturated carbocycles. The fourth-order valence-electron chi connectivity index (χ4n) is 1.77. The van der Waals surface area contributed by atoms with E-state index in [1.165, 1.54) is 18.4 Å². The first-order valence-corrected chi connectivity index (χ1v) is 7.94. The summed E-state index contributed by atoms with van der Waals surface area (Å²) in [5.74, 6) is -0.970. The number of hydrogen-bond donors (Lipinski definition) is 1. The Kier molecular flexibility index (Phi) is 5.24. The molecule has 122 valence electrons. The van der Waals surface area contributed by atoms with Crippen LogP contribution < -0.4 is 5.32 Å². The predicted octanol–water partition coefficient (Wildman–Crippen LogP) is 1.63. The minimum Gasteiger partial charge on any atom is -0.363 e. The van der Waals surface area contributed by atoms with Gasteiger partial charge in [0.05, 0.1) is 11.4 Å². The lowest BCUT2D eigenvalue weighted by Crippen LogP contribution is -2.38. The second kappa shape index (κ2) is 7.16. The number of carbonyl (C=O) groups is 1. The van der Waals surface area contributed by atoms with E-state index in [4.69, 9.17) is 0 Å². The van der Waals surface area contributed by atoms with Gasteiger partial charge in [0, 0.05) is 12.6 Å². The van der Waals surface area contributed by atoms with E-state index in [2.05, 4.69) is 21.6 Å². The molecule has 0 unspecified atom stereocenters. The highest BCUT2D eigenvalue weighted by atomic mass is 32.2. The van der Waals surface area contributed by atoms with Crippen LogP contribution in [0, 0.1) is 5.82 Å². The molecule has 0 bridgehead atoms. The minimum absolute atomic E-state index is 0.0774. The molecule has 0 aliphatic heterocycles. The smallest absolute Gasteiger partial charge is 0.243 e. The number of rotatable bonds is 7. The molecule has 0 fully saturated rings. The Bertz CT molecular complexity index is 773. The molecule has 0 atom stereocenters. The van der Waals surface area contributed by atoms with Crippen molar-refractivity contribution in [2.24, 2.45) is 0 Å². The molecule has 1 amide bonds. The van der Waals surface area contributed by atoms with Gasteiger partial charge in [0.15, 0.2) is 5.82 Å². The van der Waals surface area contributed by atoms with E-state index in [0.29, 0.717) is 0 Å². The Morgan fingerprint density at radius 3 is 2.61 bits per heavy atom. The molecule has 1 N–H and O–H groups in total. The largest absolute Gasteiger partial charge is 0.363 e. The molecule has 0 radical (unpaired) electrons. The summed E-state index contributed by atoms with van der Waals surface area (Å²) in [6.45, 7) is 2.96. The lowest BCUT2D eigenvalue weighted by Gasteiger charge is -2.20. The summed E-state index contributed by atoms with van der Waals surface area (Å²) < 4.78 is 43.5. The quantitative estimate of drug-likeness (QED) is 0.774. The number of nitrogens with zero attached hydrogens (tertiary/aromatic N) is 2. The number of hydrogen-bond acceptors (Lipinski definition) is 5. The van der Waals surface area contributed by atoms with Gasteiger partial charge in [-0.15, -0.1) is 6.58 Å². The third-order valence-corrected chi connectivity index (χ3v) is 4.64. The molecule has 0 aliphatic carbocycles. The number of sulfonamides is 1. The number of benzene rings is 1. The summed E-state index contributed by atoms with van der Waals surface area (Å²) in [6.07, 6.45) is 2.62. The van der Waals surface area contributed by atoms with Crippen LogP contribution in [0.15, 0.2) is 58.7 Å². The second-order valence-corrected chi connectivity index (χ2v) is 6.41. The summed E-state index contributed by atoms with van der Waals surface area (Å²) in [5, 5.41) is 5.90. The Morgan fingerprint density at radius 1 is 1.35 bits per heavy atom. The normalized spacial score (nSPS) is 11.4. The second-order valence-electron chi connectivity index (χ2n) is 4.47. The van der Waals surface area contributed by atoms with Crippen molar-refractivity contribution in [2.75, 3.05) is 18.4 Å². The van der Waals surface area contributed by atoms with Gasteiger partial charge in [-0.2, -0.15) is 4.31 Å². The van der Waals surface area contributed by atoms with E-state index in [-0.39, 0.29) is 17.3 Å². The summed E-state index contributed by atoms with van der Waals surface area (Å²) >= 11 is 0. The van der Waals surface area contributed by atoms with Crippen molar-refractivity contribution >= 4 is 21.7 Å². The van der Waals surface area contributed by atoms with Crippen molar-refractivity contribution in [3.63, 3.8) is 0 Å². The fourth-order valence-corrected chi connectivity index (χ4v) is 3.13. The van der Waals surface area contributed by atoms with Gasteiger partial charge in [-0.3, -0.25) is 4.79 Å². The zero-order valence-electron chi connectivity index (χ0n) is 12.0. The Balaban J connectivity index is 2.17. The van der Waals surface area contributed by atoms with Crippen LogP contribution in [0.4, 0.5) is 10.2 Å². The molecule has 2 aromatic rings. The van der Waals surface area contributed by atoms with Gasteiger partial charge >= 0.3 is 0 Å². The first-order valence-electron chi connectivity index (χ1n) is 6.50. The van der Waals surface area contributed by atoms with Crippen LogP contribution in [0.1, 0.15) is 0 Å². The molecule has 7 nitrogen and oxygen atoms in total. The molecule has 9 heteroatoms. The zero-order chi connectivity index (χ0) is 16.9. The van der Waals surface area contributed by atoms with Crippen LogP contribution in [0.5, 0.6) is 0 Å². The first kappa shape index (κ1) is 16.8. The number of aromatic nitrogens is 1. The zero-order valence-corrected chi connectivity index (χ0v) is 12.8. The van der Waals surface area contributed by atoms with Crippen molar-refractivity contribution in [2.45, 2.75) is 4.90 Å². The standard InChI is InChI=1S/C14H14FN3O4S/c1-2-8-18(10-14(19)16-13-7-9-22-17-13)23(20,21)12-5-3-11(15)4-6-12/h2-7,9H,1,8,10H2,(H,16,17,19). The van der Waals surface area contributed by atoms with Crippen molar-refractivity contribution in [1.82, 2.24) is 9.46 Å². The highest BCUT2D eigenvalue weighted by molar-refractivity contribution is 7.89. The third kappa shape index (κ3) is 4.24. The summed E-state index contributed by atoms with van der Waals surface area (Å²) in [4.78, 5) is 11.8. The third-order valence-electron chi connectivity index (χ3n) is 2.81. The SMILES string of the molecule is C=CCN(CC(=O)Nc1ccon1)S(=O)(=O)c1ccc(F)cc1. The van der Waals surface area contributed by atoms with Gasteiger partial charge in [-0.05, 0) is 24.3 Å². The number of nitrogens with one attached hydrogen (secondary N) is 1. The van der Waals surface area contributed by atoms with Crippen molar-refractivity contribution in [3.8, 4) is 0 Å². The van der Waals surface area contributed by atoms with Crippen LogP contribution in [0.2, 0.25) is 0 Å². The van der Waals surface area contributed by atoms with Crippen LogP contribution in [0.3, 0.4) is 0 Å². The predicted molar refractivity (Wildman–Crippen MR) is 80.5 cm³/mol. The molecule has 0 aliphatic rings.